The molecule has 6 nitrogen and oxygen atoms in total. The van der Waals surface area contributed by atoms with Crippen LogP contribution in [0.5, 0.6) is 0 Å². The average molecular weight is 422 g/mol. The number of nitrogens with one attached hydrogen (secondary N) is 3. The molecule has 0 saturated carbocycles. The van der Waals surface area contributed by atoms with E-state index in [9.17, 15) is 13.2 Å². The third kappa shape index (κ3) is 4.08. The Bertz CT molecular complexity index is 1170. The molecule has 0 aliphatic carbocycles. The number of carbonyl (C=O) groups excluding carboxylic acids is 1. The highest BCUT2D eigenvalue weighted by Gasteiger charge is 2.29. The maximum absolute atomic E-state index is 12.5. The summed E-state index contributed by atoms with van der Waals surface area (Å²) in [6, 6.07) is 21.4. The van der Waals surface area contributed by atoms with Crippen molar-refractivity contribution in [3.63, 3.8) is 0 Å². The van der Waals surface area contributed by atoms with Gasteiger partial charge in [-0.05, 0) is 53.4 Å². The summed E-state index contributed by atoms with van der Waals surface area (Å²) in [4.78, 5) is 12.8. The Hall–Kier alpha value is -3.16. The van der Waals surface area contributed by atoms with Crippen LogP contribution in [0.4, 0.5) is 11.4 Å². The Kier molecular flexibility index (Phi) is 5.32. The molecule has 3 N–H and O–H groups in total. The average Bonchev–Trinajstić information content (AvgIpc) is 2.74. The molecule has 1 amide bonds. The molecule has 7 heteroatoms. The zero-order valence-corrected chi connectivity index (χ0v) is 17.5. The molecule has 30 heavy (non-hydrogen) atoms. The van der Waals surface area contributed by atoms with Crippen LogP contribution in [0.25, 0.3) is 0 Å². The molecule has 0 bridgehead atoms. The fourth-order valence-corrected chi connectivity index (χ4v) is 4.66. The smallest absolute Gasteiger partial charge is 0.255 e. The number of carbonyl (C=O) groups is 1. The lowest BCUT2D eigenvalue weighted by Crippen LogP contribution is -2.38. The highest BCUT2D eigenvalue weighted by atomic mass is 32.2. The zero-order valence-electron chi connectivity index (χ0n) is 16.7. The molecule has 1 atom stereocenters. The molecule has 0 spiro atoms. The van der Waals surface area contributed by atoms with Gasteiger partial charge in [0.1, 0.15) is 11.1 Å². The zero-order chi connectivity index (χ0) is 21.3. The number of benzene rings is 3. The summed E-state index contributed by atoms with van der Waals surface area (Å²) >= 11 is 0. The SMILES string of the molecule is CC(C)c1ccc(NC(=O)c2ccc([C@H]3Nc4ccccc4S(=O)(=O)N3)cc2)cc1. The lowest BCUT2D eigenvalue weighted by molar-refractivity contribution is 0.102. The Balaban J connectivity index is 1.48. The number of hydrogen-bond acceptors (Lipinski definition) is 4. The van der Waals surface area contributed by atoms with Crippen molar-refractivity contribution in [3.8, 4) is 0 Å². The monoisotopic (exact) mass is 421 g/mol. The predicted octanol–water partition coefficient (Wildman–Crippen LogP) is 4.46. The molecule has 0 saturated heterocycles. The number of amides is 1. The van der Waals surface area contributed by atoms with Gasteiger partial charge in [0.15, 0.2) is 0 Å². The van der Waals surface area contributed by atoms with Crippen molar-refractivity contribution in [2.75, 3.05) is 10.6 Å². The number of para-hydroxylation sites is 1. The molecule has 1 heterocycles. The predicted molar refractivity (Wildman–Crippen MR) is 118 cm³/mol. The summed E-state index contributed by atoms with van der Waals surface area (Å²) in [5, 5.41) is 6.06. The highest BCUT2D eigenvalue weighted by molar-refractivity contribution is 7.89. The first-order valence-corrected chi connectivity index (χ1v) is 11.2. The first-order chi connectivity index (χ1) is 14.3. The molecule has 0 unspecified atom stereocenters. The molecule has 3 aromatic carbocycles. The molecular formula is C23H23N3O3S. The summed E-state index contributed by atoms with van der Waals surface area (Å²) in [6.45, 7) is 4.24. The minimum atomic E-state index is -3.61. The highest BCUT2D eigenvalue weighted by Crippen LogP contribution is 2.30. The van der Waals surface area contributed by atoms with Crippen molar-refractivity contribution in [2.45, 2.75) is 30.8 Å². The molecule has 1 aliphatic rings. The fraction of sp³-hybridized carbons (Fsp3) is 0.174. The van der Waals surface area contributed by atoms with E-state index in [1.807, 2.05) is 24.3 Å². The molecule has 0 aromatic heterocycles. The quantitative estimate of drug-likeness (QED) is 0.580. The number of sulfonamides is 1. The molecule has 1 aliphatic heterocycles. The van der Waals surface area contributed by atoms with E-state index < -0.39 is 16.2 Å². The maximum Gasteiger partial charge on any atom is 0.255 e. The number of hydrogen-bond donors (Lipinski definition) is 3. The number of anilines is 2. The van der Waals surface area contributed by atoms with E-state index in [1.54, 1.807) is 48.5 Å². The van der Waals surface area contributed by atoms with Crippen molar-refractivity contribution in [1.29, 1.82) is 0 Å². The second kappa shape index (κ2) is 7.93. The van der Waals surface area contributed by atoms with E-state index in [4.69, 9.17) is 0 Å². The summed E-state index contributed by atoms with van der Waals surface area (Å²) in [7, 11) is -3.61. The van der Waals surface area contributed by atoms with E-state index in [-0.39, 0.29) is 10.8 Å². The third-order valence-electron chi connectivity index (χ3n) is 5.09. The fourth-order valence-electron chi connectivity index (χ4n) is 3.36. The summed E-state index contributed by atoms with van der Waals surface area (Å²) in [6.07, 6.45) is -0.606. The van der Waals surface area contributed by atoms with Crippen molar-refractivity contribution in [2.24, 2.45) is 0 Å². The van der Waals surface area contributed by atoms with Gasteiger partial charge in [0.05, 0.1) is 5.69 Å². The lowest BCUT2D eigenvalue weighted by Gasteiger charge is -2.28. The third-order valence-corrected chi connectivity index (χ3v) is 6.57. The number of fused-ring (bicyclic) bond motifs is 1. The summed E-state index contributed by atoms with van der Waals surface area (Å²) < 4.78 is 27.6. The molecule has 4 rings (SSSR count). The number of rotatable bonds is 4. The van der Waals surface area contributed by atoms with Crippen molar-refractivity contribution >= 4 is 27.3 Å². The first kappa shape index (κ1) is 20.1. The van der Waals surface area contributed by atoms with Crippen LogP contribution in [0.15, 0.2) is 77.7 Å². The van der Waals surface area contributed by atoms with Crippen molar-refractivity contribution < 1.29 is 13.2 Å². The van der Waals surface area contributed by atoms with Crippen LogP contribution in [0.2, 0.25) is 0 Å². The second-order valence-electron chi connectivity index (χ2n) is 7.55. The minimum Gasteiger partial charge on any atom is -0.364 e. The first-order valence-electron chi connectivity index (χ1n) is 9.73. The van der Waals surface area contributed by atoms with Crippen LogP contribution in [-0.4, -0.2) is 14.3 Å². The van der Waals surface area contributed by atoms with Crippen LogP contribution >= 0.6 is 0 Å². The van der Waals surface area contributed by atoms with Gasteiger partial charge in [-0.1, -0.05) is 50.2 Å². The van der Waals surface area contributed by atoms with Gasteiger partial charge in [-0.2, -0.15) is 4.72 Å². The van der Waals surface area contributed by atoms with Crippen LogP contribution in [0.1, 0.15) is 47.4 Å². The van der Waals surface area contributed by atoms with Crippen LogP contribution in [0, 0.1) is 0 Å². The summed E-state index contributed by atoms with van der Waals surface area (Å²) in [5.74, 6) is 0.210. The topological polar surface area (TPSA) is 87.3 Å². The molecule has 154 valence electrons. The summed E-state index contributed by atoms with van der Waals surface area (Å²) in [5.41, 5.74) is 3.69. The maximum atomic E-state index is 12.5. The second-order valence-corrected chi connectivity index (χ2v) is 9.23. The van der Waals surface area contributed by atoms with E-state index in [2.05, 4.69) is 29.2 Å². The van der Waals surface area contributed by atoms with Gasteiger partial charge in [-0.3, -0.25) is 4.79 Å². The van der Waals surface area contributed by atoms with Gasteiger partial charge in [0, 0.05) is 11.3 Å². The van der Waals surface area contributed by atoms with Crippen LogP contribution < -0.4 is 15.4 Å². The standard InChI is InChI=1S/C23H23N3O3S/c1-15(2)16-11-13-19(14-12-16)24-23(27)18-9-7-17(8-10-18)22-25-20-5-3-4-6-21(20)30(28,29)26-22/h3-15,22,25-26H,1-2H3,(H,24,27)/t22-/m0/s1. The van der Waals surface area contributed by atoms with Crippen molar-refractivity contribution in [1.82, 2.24) is 4.72 Å². The lowest BCUT2D eigenvalue weighted by atomic mass is 10.0. The van der Waals surface area contributed by atoms with E-state index in [0.29, 0.717) is 22.7 Å². The van der Waals surface area contributed by atoms with Gasteiger partial charge in [0.25, 0.3) is 5.91 Å². The van der Waals surface area contributed by atoms with Gasteiger partial charge in [-0.25, -0.2) is 8.42 Å². The minimum absolute atomic E-state index is 0.221. The van der Waals surface area contributed by atoms with Gasteiger partial charge < -0.3 is 10.6 Å². The van der Waals surface area contributed by atoms with E-state index in [0.717, 1.165) is 5.69 Å². The van der Waals surface area contributed by atoms with Gasteiger partial charge >= 0.3 is 0 Å². The molecule has 0 radical (unpaired) electrons. The molecule has 3 aromatic rings. The van der Waals surface area contributed by atoms with Crippen molar-refractivity contribution in [3.05, 3.63) is 89.5 Å². The van der Waals surface area contributed by atoms with E-state index in [1.165, 1.54) is 5.56 Å². The molecule has 0 fully saturated rings. The van der Waals surface area contributed by atoms with Crippen LogP contribution in [-0.2, 0) is 10.0 Å². The largest absolute Gasteiger partial charge is 0.364 e. The van der Waals surface area contributed by atoms with Gasteiger partial charge in [-0.15, -0.1) is 0 Å². The van der Waals surface area contributed by atoms with Gasteiger partial charge in [0.2, 0.25) is 10.0 Å². The van der Waals surface area contributed by atoms with Crippen LogP contribution in [0.3, 0.4) is 0 Å². The van der Waals surface area contributed by atoms with E-state index >= 15 is 0 Å². The Labute approximate surface area is 176 Å². The Morgan fingerprint density at radius 2 is 1.60 bits per heavy atom. The molecular weight excluding hydrogens is 398 g/mol. The Morgan fingerprint density at radius 3 is 2.27 bits per heavy atom. The normalized spacial score (nSPS) is 17.1. The Morgan fingerprint density at radius 1 is 0.933 bits per heavy atom.